The molecule has 21 heteroatoms. The van der Waals surface area contributed by atoms with Crippen LogP contribution in [0.5, 0.6) is 0 Å². The van der Waals surface area contributed by atoms with Gasteiger partial charge in [0.1, 0.15) is 17.9 Å². The Kier molecular flexibility index (Phi) is 22.3. The van der Waals surface area contributed by atoms with Gasteiger partial charge in [0, 0.05) is 77.3 Å². The van der Waals surface area contributed by atoms with Crippen molar-refractivity contribution in [2.45, 2.75) is 109 Å². The van der Waals surface area contributed by atoms with Gasteiger partial charge in [-0.2, -0.15) is 0 Å². The van der Waals surface area contributed by atoms with Gasteiger partial charge in [-0.1, -0.05) is 73.4 Å². The minimum Gasteiger partial charge on any atom is -0.480 e. The van der Waals surface area contributed by atoms with Crippen LogP contribution >= 0.6 is 0 Å². The molecule has 366 valence electrons. The van der Waals surface area contributed by atoms with Gasteiger partial charge >= 0.3 is 29.8 Å². The Morgan fingerprint density at radius 3 is 1.51 bits per heavy atom. The van der Waals surface area contributed by atoms with Crippen LogP contribution in [0, 0.1) is 5.92 Å². The minimum atomic E-state index is -3.64. The highest BCUT2D eigenvalue weighted by atomic mass is 28.4. The maximum atomic E-state index is 16.9. The third kappa shape index (κ3) is 18.2. The zero-order chi connectivity index (χ0) is 49.3. The lowest BCUT2D eigenvalue weighted by Gasteiger charge is -2.44. The number of carboxylic acids is 5. The molecular weight excluding hydrogens is 868 g/mol. The standard InChI is InChI=1S/C44H71FN6O13Si/c1-8-9-10-34(41(61)62)47-40(60)31(26-46-39(59)30-11-14-33(15-12-30)65(45,43(2,3)4)44(5,6)7)25-32(52)13-16-35(42(63)64)51-23-21-49(28-37(55)56)19-17-48(27-36(53)54)18-20-50(22-24-51)29-38(57)58/h11-12,14-15,31,34-35H,8-10,13,16-29H2,1-7H3,(H,46,59)(H,47,60)(H,53,54)(H,55,56)(H,57,58)(H,61,62)(H,63,64). The van der Waals surface area contributed by atoms with E-state index >= 15 is 4.11 Å². The van der Waals surface area contributed by atoms with Gasteiger partial charge in [0.2, 0.25) is 5.91 Å². The number of carbonyl (C=O) groups is 8. The summed E-state index contributed by atoms with van der Waals surface area (Å²) in [4.78, 5) is 107. The molecule has 0 aliphatic carbocycles. The van der Waals surface area contributed by atoms with E-state index in [9.17, 15) is 63.9 Å². The van der Waals surface area contributed by atoms with E-state index < -0.39 is 103 Å². The van der Waals surface area contributed by atoms with Crippen molar-refractivity contribution in [3.05, 3.63) is 29.8 Å². The molecule has 1 aliphatic rings. The normalized spacial score (nSPS) is 17.1. The van der Waals surface area contributed by atoms with E-state index in [1.54, 1.807) is 17.0 Å². The van der Waals surface area contributed by atoms with Crippen molar-refractivity contribution in [1.29, 1.82) is 0 Å². The number of ketones is 1. The zero-order valence-corrected chi connectivity index (χ0v) is 39.9. The van der Waals surface area contributed by atoms with Crippen molar-refractivity contribution < 1.29 is 68.0 Å². The zero-order valence-electron chi connectivity index (χ0n) is 38.9. The average molecular weight is 939 g/mol. The van der Waals surface area contributed by atoms with Crippen LogP contribution < -0.4 is 15.8 Å². The topological polar surface area (TPSA) is 275 Å². The van der Waals surface area contributed by atoms with E-state index in [1.807, 2.05) is 48.5 Å². The molecular formula is C44H71FN6O13Si. The average Bonchev–Trinajstić information content (AvgIpc) is 3.19. The van der Waals surface area contributed by atoms with Crippen molar-refractivity contribution >= 4 is 61.0 Å². The number of unbranched alkanes of at least 4 members (excludes halogenated alkanes) is 1. The Balaban J connectivity index is 2.36. The summed E-state index contributed by atoms with van der Waals surface area (Å²) < 4.78 is 16.9. The molecule has 1 heterocycles. The number of halogens is 1. The second kappa shape index (κ2) is 25.8. The van der Waals surface area contributed by atoms with Gasteiger partial charge in [0.15, 0.2) is 0 Å². The Morgan fingerprint density at radius 2 is 1.12 bits per heavy atom. The smallest absolute Gasteiger partial charge is 0.326 e. The number of carbonyl (C=O) groups excluding carboxylic acids is 3. The molecule has 1 fully saturated rings. The van der Waals surface area contributed by atoms with Crippen LogP contribution in [0.25, 0.3) is 0 Å². The molecule has 0 aromatic heterocycles. The van der Waals surface area contributed by atoms with Crippen molar-refractivity contribution in [2.75, 3.05) is 78.5 Å². The molecule has 0 spiro atoms. The number of nitrogens with one attached hydrogen (secondary N) is 2. The van der Waals surface area contributed by atoms with Gasteiger partial charge in [-0.05, 0) is 40.2 Å². The predicted octanol–water partition coefficient (Wildman–Crippen LogP) is 2.18. The van der Waals surface area contributed by atoms with Crippen molar-refractivity contribution in [2.24, 2.45) is 5.92 Å². The first-order valence-electron chi connectivity index (χ1n) is 22.1. The molecule has 1 aromatic rings. The van der Waals surface area contributed by atoms with Crippen LogP contribution in [0.15, 0.2) is 24.3 Å². The van der Waals surface area contributed by atoms with Crippen LogP contribution in [0.4, 0.5) is 4.11 Å². The summed E-state index contributed by atoms with van der Waals surface area (Å²) in [5, 5.41) is 53.2. The SMILES string of the molecule is CCCCC(NC(=O)C(CNC(=O)c1ccc([Si](F)(C(C)(C)C)C(C)(C)C)cc1)CC(=O)CCC(C(=O)O)N1CCN(CC(=O)O)CCN(CC(=O)O)CCN(CC(=O)O)CC1)C(=O)O. The van der Waals surface area contributed by atoms with Gasteiger partial charge in [-0.3, -0.25) is 53.2 Å². The van der Waals surface area contributed by atoms with E-state index in [0.29, 0.717) is 18.0 Å². The molecule has 0 bridgehead atoms. The largest absolute Gasteiger partial charge is 0.480 e. The highest BCUT2D eigenvalue weighted by Gasteiger charge is 2.56. The van der Waals surface area contributed by atoms with Gasteiger partial charge in [0.05, 0.1) is 25.6 Å². The van der Waals surface area contributed by atoms with Gasteiger partial charge in [-0.25, -0.2) is 4.79 Å². The lowest BCUT2D eigenvalue weighted by Crippen LogP contribution is -2.57. The quantitative estimate of drug-likeness (QED) is 0.0612. The monoisotopic (exact) mass is 938 g/mol. The number of rotatable bonds is 23. The molecule has 7 N–H and O–H groups in total. The molecule has 65 heavy (non-hydrogen) atoms. The van der Waals surface area contributed by atoms with E-state index in [1.165, 1.54) is 26.8 Å². The number of nitrogens with zero attached hydrogens (tertiary/aromatic N) is 4. The fourth-order valence-electron chi connectivity index (χ4n) is 8.42. The van der Waals surface area contributed by atoms with Crippen molar-refractivity contribution in [1.82, 2.24) is 30.2 Å². The van der Waals surface area contributed by atoms with E-state index in [4.69, 9.17) is 0 Å². The first kappa shape index (κ1) is 56.3. The molecule has 0 radical (unpaired) electrons. The fraction of sp³-hybridized carbons (Fsp3) is 0.682. The summed E-state index contributed by atoms with van der Waals surface area (Å²) >= 11 is 0. The summed E-state index contributed by atoms with van der Waals surface area (Å²) in [6, 6.07) is 3.59. The number of amides is 2. The van der Waals surface area contributed by atoms with Gasteiger partial charge in [0.25, 0.3) is 14.3 Å². The molecule has 3 atom stereocenters. The molecule has 3 unspecified atom stereocenters. The van der Waals surface area contributed by atoms with E-state index in [0.717, 1.165) is 0 Å². The lowest BCUT2D eigenvalue weighted by molar-refractivity contribution is -0.145. The molecule has 19 nitrogen and oxygen atoms in total. The summed E-state index contributed by atoms with van der Waals surface area (Å²) in [5.41, 5.74) is 0.168. The Bertz CT molecular complexity index is 1760. The Morgan fingerprint density at radius 1 is 0.677 bits per heavy atom. The van der Waals surface area contributed by atoms with E-state index in [-0.39, 0.29) is 90.3 Å². The van der Waals surface area contributed by atoms with Gasteiger partial charge < -0.3 is 40.3 Å². The van der Waals surface area contributed by atoms with E-state index in [2.05, 4.69) is 10.6 Å². The first-order chi connectivity index (χ1) is 30.2. The van der Waals surface area contributed by atoms with Crippen molar-refractivity contribution in [3.63, 3.8) is 0 Å². The number of hydrogen-bond acceptors (Lipinski definition) is 12. The summed E-state index contributed by atoms with van der Waals surface area (Å²) in [5.74, 6) is -9.27. The maximum absolute atomic E-state index is 16.9. The third-order valence-electron chi connectivity index (χ3n) is 11.8. The summed E-state index contributed by atoms with van der Waals surface area (Å²) in [6.45, 7) is 12.0. The fourth-order valence-corrected chi connectivity index (χ4v) is 13.0. The molecule has 1 aliphatic heterocycles. The molecule has 1 saturated heterocycles. The molecule has 0 saturated carbocycles. The Hall–Kier alpha value is -4.83. The summed E-state index contributed by atoms with van der Waals surface area (Å²) in [6.07, 6.45) is 0.140. The number of Topliss-reactive ketones (excluding diaryl/α,β-unsaturated/α-hetero) is 1. The number of benzene rings is 1. The molecule has 1 aromatic carbocycles. The second-order valence-electron chi connectivity index (χ2n) is 18.9. The third-order valence-corrected chi connectivity index (χ3v) is 17.1. The highest BCUT2D eigenvalue weighted by molar-refractivity contribution is 6.90. The highest BCUT2D eigenvalue weighted by Crippen LogP contribution is 2.51. The van der Waals surface area contributed by atoms with Crippen LogP contribution in [-0.4, -0.2) is 192 Å². The Labute approximate surface area is 381 Å². The van der Waals surface area contributed by atoms with Crippen LogP contribution in [0.2, 0.25) is 10.1 Å². The number of hydrogen-bond donors (Lipinski definition) is 7. The van der Waals surface area contributed by atoms with Gasteiger partial charge in [-0.15, -0.1) is 0 Å². The number of carboxylic acid groups (broad SMARTS) is 5. The maximum Gasteiger partial charge on any atom is 0.326 e. The molecule has 2 rings (SSSR count). The van der Waals surface area contributed by atoms with Crippen LogP contribution in [0.1, 0.15) is 97.3 Å². The predicted molar refractivity (Wildman–Crippen MR) is 241 cm³/mol. The second-order valence-corrected chi connectivity index (χ2v) is 23.8. The summed E-state index contributed by atoms with van der Waals surface area (Å²) in [7, 11) is -3.64. The molecule has 2 amide bonds. The van der Waals surface area contributed by atoms with Crippen LogP contribution in [0.3, 0.4) is 0 Å². The van der Waals surface area contributed by atoms with Crippen molar-refractivity contribution in [3.8, 4) is 0 Å². The number of aliphatic carboxylic acids is 5. The minimum absolute atomic E-state index is 0.00836. The first-order valence-corrected chi connectivity index (χ1v) is 24.0. The lowest BCUT2D eigenvalue weighted by atomic mass is 9.96. The van der Waals surface area contributed by atoms with Crippen LogP contribution in [-0.2, 0) is 33.6 Å².